The van der Waals surface area contributed by atoms with Gasteiger partial charge in [-0.25, -0.2) is 4.98 Å². The highest BCUT2D eigenvalue weighted by Gasteiger charge is 2.35. The first-order valence-electron chi connectivity index (χ1n) is 8.59. The van der Waals surface area contributed by atoms with Crippen LogP contribution in [0.3, 0.4) is 0 Å². The molecule has 1 amide bonds. The van der Waals surface area contributed by atoms with Crippen LogP contribution in [0.15, 0.2) is 33.9 Å². The van der Waals surface area contributed by atoms with E-state index in [1.807, 2.05) is 24.3 Å². The van der Waals surface area contributed by atoms with Crippen LogP contribution in [0.2, 0.25) is 0 Å². The Balaban J connectivity index is 1.40. The molecule has 4 rings (SSSR count). The van der Waals surface area contributed by atoms with E-state index in [0.29, 0.717) is 17.0 Å². The van der Waals surface area contributed by atoms with Crippen LogP contribution in [0, 0.1) is 5.92 Å². The van der Waals surface area contributed by atoms with Gasteiger partial charge < -0.3 is 9.32 Å². The van der Waals surface area contributed by atoms with E-state index in [1.54, 1.807) is 0 Å². The molecule has 2 fully saturated rings. The third kappa shape index (κ3) is 3.11. The number of carbonyl (C=O) groups excluding carboxylic acids is 1. The molecule has 23 heavy (non-hydrogen) atoms. The van der Waals surface area contributed by atoms with Gasteiger partial charge in [0.25, 0.3) is 5.22 Å². The largest absolute Gasteiger partial charge is 0.431 e. The maximum atomic E-state index is 12.7. The Kier molecular flexibility index (Phi) is 4.29. The molecular weight excluding hydrogens is 308 g/mol. The molecule has 1 aromatic carbocycles. The number of piperidine rings is 1. The third-order valence-electron chi connectivity index (χ3n) is 5.16. The number of likely N-dealkylation sites (tertiary alicyclic amines) is 1. The van der Waals surface area contributed by atoms with Crippen LogP contribution in [-0.4, -0.2) is 34.1 Å². The van der Waals surface area contributed by atoms with Gasteiger partial charge in [-0.15, -0.1) is 0 Å². The first-order valence-corrected chi connectivity index (χ1v) is 9.57. The maximum Gasteiger partial charge on any atom is 0.257 e. The number of nitrogens with zero attached hydrogens (tertiary/aromatic N) is 2. The minimum absolute atomic E-state index is 0.244. The molecule has 2 heterocycles. The SMILES string of the molecule is O=C(CSc1nc2ccccc2o1)N1CCCC2CCCCC21. The summed E-state index contributed by atoms with van der Waals surface area (Å²) in [6.07, 6.45) is 7.54. The topological polar surface area (TPSA) is 46.3 Å². The van der Waals surface area contributed by atoms with Gasteiger partial charge in [-0.2, -0.15) is 0 Å². The summed E-state index contributed by atoms with van der Waals surface area (Å²) >= 11 is 1.42. The van der Waals surface area contributed by atoms with Crippen LogP contribution in [0.25, 0.3) is 11.1 Å². The number of oxazole rings is 1. The van der Waals surface area contributed by atoms with Crippen LogP contribution >= 0.6 is 11.8 Å². The molecule has 1 saturated carbocycles. The summed E-state index contributed by atoms with van der Waals surface area (Å²) in [6.45, 7) is 0.925. The van der Waals surface area contributed by atoms with E-state index in [4.69, 9.17) is 4.42 Å². The molecule has 1 saturated heterocycles. The Morgan fingerprint density at radius 2 is 2.04 bits per heavy atom. The summed E-state index contributed by atoms with van der Waals surface area (Å²) in [6, 6.07) is 8.20. The van der Waals surface area contributed by atoms with Gasteiger partial charge in [0.05, 0.1) is 5.75 Å². The van der Waals surface area contributed by atoms with Crippen LogP contribution < -0.4 is 0 Å². The van der Waals surface area contributed by atoms with Gasteiger partial charge in [-0.1, -0.05) is 36.7 Å². The highest BCUT2D eigenvalue weighted by Crippen LogP contribution is 2.35. The minimum atomic E-state index is 0.244. The predicted octanol–water partition coefficient (Wildman–Crippen LogP) is 4.10. The molecule has 2 aliphatic rings. The monoisotopic (exact) mass is 330 g/mol. The quantitative estimate of drug-likeness (QED) is 0.795. The smallest absolute Gasteiger partial charge is 0.257 e. The Hall–Kier alpha value is -1.49. The molecule has 0 bridgehead atoms. The van der Waals surface area contributed by atoms with Crippen molar-refractivity contribution in [1.82, 2.24) is 9.88 Å². The predicted molar refractivity (Wildman–Crippen MR) is 91.4 cm³/mol. The van der Waals surface area contributed by atoms with Crippen molar-refractivity contribution >= 4 is 28.8 Å². The van der Waals surface area contributed by atoms with E-state index in [0.717, 1.165) is 30.0 Å². The summed E-state index contributed by atoms with van der Waals surface area (Å²) in [7, 11) is 0. The molecule has 5 heteroatoms. The average molecular weight is 330 g/mol. The van der Waals surface area contributed by atoms with Crippen molar-refractivity contribution in [3.8, 4) is 0 Å². The normalized spacial score (nSPS) is 24.6. The summed E-state index contributed by atoms with van der Waals surface area (Å²) in [5.74, 6) is 1.40. The lowest BCUT2D eigenvalue weighted by molar-refractivity contribution is -0.134. The molecule has 0 N–H and O–H groups in total. The van der Waals surface area contributed by atoms with E-state index < -0.39 is 0 Å². The van der Waals surface area contributed by atoms with Crippen molar-refractivity contribution in [1.29, 1.82) is 0 Å². The van der Waals surface area contributed by atoms with Crippen molar-refractivity contribution < 1.29 is 9.21 Å². The van der Waals surface area contributed by atoms with Gasteiger partial charge in [0.2, 0.25) is 5.91 Å². The fourth-order valence-corrected chi connectivity index (χ4v) is 4.78. The number of carbonyl (C=O) groups is 1. The lowest BCUT2D eigenvalue weighted by atomic mass is 9.78. The zero-order valence-electron chi connectivity index (χ0n) is 13.2. The molecule has 1 aromatic heterocycles. The maximum absolute atomic E-state index is 12.7. The molecule has 0 radical (unpaired) electrons. The van der Waals surface area contributed by atoms with Gasteiger partial charge in [0.15, 0.2) is 5.58 Å². The molecule has 122 valence electrons. The Bertz CT molecular complexity index is 664. The molecule has 1 aliphatic heterocycles. The zero-order valence-corrected chi connectivity index (χ0v) is 14.1. The fourth-order valence-electron chi connectivity index (χ4n) is 4.05. The van der Waals surface area contributed by atoms with E-state index >= 15 is 0 Å². The van der Waals surface area contributed by atoms with Crippen LogP contribution in [0.4, 0.5) is 0 Å². The summed E-state index contributed by atoms with van der Waals surface area (Å²) in [5.41, 5.74) is 1.64. The summed E-state index contributed by atoms with van der Waals surface area (Å²) in [5, 5.41) is 0.594. The number of hydrogen-bond donors (Lipinski definition) is 0. The summed E-state index contributed by atoms with van der Waals surface area (Å²) < 4.78 is 5.69. The zero-order chi connectivity index (χ0) is 15.6. The molecule has 2 atom stereocenters. The minimum Gasteiger partial charge on any atom is -0.431 e. The van der Waals surface area contributed by atoms with E-state index in [1.165, 1.54) is 43.9 Å². The van der Waals surface area contributed by atoms with Gasteiger partial charge in [-0.3, -0.25) is 4.79 Å². The number of aromatic nitrogens is 1. The van der Waals surface area contributed by atoms with Gasteiger partial charge in [0.1, 0.15) is 5.52 Å². The first-order chi connectivity index (χ1) is 11.3. The number of para-hydroxylation sites is 2. The number of benzene rings is 1. The second-order valence-electron chi connectivity index (χ2n) is 6.58. The molecule has 4 nitrogen and oxygen atoms in total. The Labute approximate surface area is 140 Å². The van der Waals surface area contributed by atoms with E-state index in [9.17, 15) is 4.79 Å². The third-order valence-corrected chi connectivity index (χ3v) is 5.97. The van der Waals surface area contributed by atoms with E-state index in [2.05, 4.69) is 9.88 Å². The molecule has 0 spiro atoms. The second-order valence-corrected chi connectivity index (χ2v) is 7.50. The summed E-state index contributed by atoms with van der Waals surface area (Å²) in [4.78, 5) is 19.3. The number of hydrogen-bond acceptors (Lipinski definition) is 4. The standard InChI is InChI=1S/C18H22N2O2S/c21-17(20-11-5-7-13-6-1-3-9-15(13)20)12-23-18-19-14-8-2-4-10-16(14)22-18/h2,4,8,10,13,15H,1,3,5-7,9,11-12H2. The van der Waals surface area contributed by atoms with Crippen LogP contribution in [0.1, 0.15) is 38.5 Å². The average Bonchev–Trinajstić information content (AvgIpc) is 3.02. The Morgan fingerprint density at radius 3 is 2.96 bits per heavy atom. The van der Waals surface area contributed by atoms with Crippen molar-refractivity contribution in [2.45, 2.75) is 49.8 Å². The van der Waals surface area contributed by atoms with Gasteiger partial charge >= 0.3 is 0 Å². The van der Waals surface area contributed by atoms with Crippen molar-refractivity contribution in [3.05, 3.63) is 24.3 Å². The first kappa shape index (κ1) is 15.1. The van der Waals surface area contributed by atoms with Crippen molar-refractivity contribution in [2.75, 3.05) is 12.3 Å². The van der Waals surface area contributed by atoms with Gasteiger partial charge in [0, 0.05) is 12.6 Å². The Morgan fingerprint density at radius 1 is 1.22 bits per heavy atom. The highest BCUT2D eigenvalue weighted by atomic mass is 32.2. The van der Waals surface area contributed by atoms with Crippen molar-refractivity contribution in [3.63, 3.8) is 0 Å². The van der Waals surface area contributed by atoms with Gasteiger partial charge in [-0.05, 0) is 43.7 Å². The molecule has 1 aliphatic carbocycles. The van der Waals surface area contributed by atoms with E-state index in [-0.39, 0.29) is 5.91 Å². The molecule has 2 unspecified atom stereocenters. The second kappa shape index (κ2) is 6.56. The number of rotatable bonds is 3. The number of fused-ring (bicyclic) bond motifs is 2. The number of thioether (sulfide) groups is 1. The van der Waals surface area contributed by atoms with Crippen molar-refractivity contribution in [2.24, 2.45) is 5.92 Å². The number of amides is 1. The van der Waals surface area contributed by atoms with Crippen LogP contribution in [0.5, 0.6) is 0 Å². The van der Waals surface area contributed by atoms with Crippen LogP contribution in [-0.2, 0) is 4.79 Å². The lowest BCUT2D eigenvalue weighted by Crippen LogP contribution is -2.50. The highest BCUT2D eigenvalue weighted by molar-refractivity contribution is 7.99. The fraction of sp³-hybridized carbons (Fsp3) is 0.556. The molecule has 2 aromatic rings. The lowest BCUT2D eigenvalue weighted by Gasteiger charge is -2.44. The molecular formula is C18H22N2O2S.